The molecule has 3 N–H and O–H groups in total. The van der Waals surface area contributed by atoms with Gasteiger partial charge in [-0.15, -0.1) is 0 Å². The minimum absolute atomic E-state index is 0.0447. The van der Waals surface area contributed by atoms with E-state index in [1.807, 2.05) is 30.3 Å². The van der Waals surface area contributed by atoms with Crippen LogP contribution in [0.1, 0.15) is 54.1 Å². The molecule has 1 atom stereocenters. The number of carbonyl (C=O) groups is 1. The van der Waals surface area contributed by atoms with Crippen molar-refractivity contribution in [1.29, 1.82) is 0 Å². The van der Waals surface area contributed by atoms with E-state index in [1.165, 1.54) is 37.7 Å². The topological polar surface area (TPSA) is 55.1 Å². The minimum Gasteiger partial charge on any atom is -0.399 e. The molecule has 2 aromatic carbocycles. The van der Waals surface area contributed by atoms with Crippen LogP contribution in [0.25, 0.3) is 0 Å². The van der Waals surface area contributed by atoms with E-state index < -0.39 is 0 Å². The van der Waals surface area contributed by atoms with Crippen molar-refractivity contribution < 1.29 is 4.79 Å². The fourth-order valence-corrected chi connectivity index (χ4v) is 3.51. The Kier molecular flexibility index (Phi) is 4.96. The molecule has 1 amide bonds. The predicted molar refractivity (Wildman–Crippen MR) is 94.1 cm³/mol. The third-order valence-corrected chi connectivity index (χ3v) is 4.72. The lowest BCUT2D eigenvalue weighted by Gasteiger charge is -2.31. The largest absolute Gasteiger partial charge is 0.399 e. The van der Waals surface area contributed by atoms with Crippen molar-refractivity contribution in [2.24, 2.45) is 5.92 Å². The third kappa shape index (κ3) is 3.92. The van der Waals surface area contributed by atoms with E-state index in [-0.39, 0.29) is 11.9 Å². The molecule has 0 aromatic heterocycles. The van der Waals surface area contributed by atoms with E-state index in [2.05, 4.69) is 17.4 Å². The molecule has 1 fully saturated rings. The molecular formula is C20H24N2O. The molecule has 1 aliphatic rings. The molecule has 0 heterocycles. The van der Waals surface area contributed by atoms with Gasteiger partial charge in [0, 0.05) is 11.3 Å². The Labute approximate surface area is 137 Å². The van der Waals surface area contributed by atoms with E-state index in [1.54, 1.807) is 12.1 Å². The zero-order valence-electron chi connectivity index (χ0n) is 13.4. The molecule has 0 aliphatic heterocycles. The second-order valence-electron chi connectivity index (χ2n) is 6.39. The predicted octanol–water partition coefficient (Wildman–Crippen LogP) is 4.32. The van der Waals surface area contributed by atoms with Crippen LogP contribution >= 0.6 is 0 Å². The lowest BCUT2D eigenvalue weighted by Crippen LogP contribution is -2.34. The van der Waals surface area contributed by atoms with Crippen LogP contribution in [0.5, 0.6) is 0 Å². The van der Waals surface area contributed by atoms with E-state index in [0.29, 0.717) is 17.2 Å². The highest BCUT2D eigenvalue weighted by atomic mass is 16.1. The van der Waals surface area contributed by atoms with Crippen molar-refractivity contribution in [3.8, 4) is 0 Å². The van der Waals surface area contributed by atoms with Gasteiger partial charge in [-0.3, -0.25) is 4.79 Å². The quantitative estimate of drug-likeness (QED) is 0.826. The van der Waals surface area contributed by atoms with E-state index in [0.717, 1.165) is 0 Å². The van der Waals surface area contributed by atoms with Crippen LogP contribution in [0, 0.1) is 5.92 Å². The summed E-state index contributed by atoms with van der Waals surface area (Å²) >= 11 is 0. The first kappa shape index (κ1) is 15.6. The average molecular weight is 308 g/mol. The van der Waals surface area contributed by atoms with E-state index in [4.69, 9.17) is 5.73 Å². The molecule has 1 saturated carbocycles. The maximum atomic E-state index is 12.7. The summed E-state index contributed by atoms with van der Waals surface area (Å²) in [6, 6.07) is 17.6. The van der Waals surface area contributed by atoms with Gasteiger partial charge in [0.15, 0.2) is 0 Å². The molecule has 23 heavy (non-hydrogen) atoms. The molecule has 3 heteroatoms. The first-order chi connectivity index (χ1) is 11.2. The number of nitrogens with two attached hydrogens (primary N) is 1. The van der Waals surface area contributed by atoms with Crippen LogP contribution in [0.3, 0.4) is 0 Å². The second-order valence-corrected chi connectivity index (χ2v) is 6.39. The van der Waals surface area contributed by atoms with Crippen molar-refractivity contribution in [3.05, 3.63) is 65.7 Å². The molecule has 3 nitrogen and oxygen atoms in total. The second kappa shape index (κ2) is 7.32. The number of rotatable bonds is 4. The van der Waals surface area contributed by atoms with Crippen molar-refractivity contribution in [2.75, 3.05) is 5.73 Å². The minimum atomic E-state index is -0.0447. The number of amides is 1. The lowest BCUT2D eigenvalue weighted by molar-refractivity contribution is 0.0912. The van der Waals surface area contributed by atoms with Crippen LogP contribution in [0.15, 0.2) is 54.6 Å². The van der Waals surface area contributed by atoms with Crippen molar-refractivity contribution in [2.45, 2.75) is 38.1 Å². The van der Waals surface area contributed by atoms with Crippen molar-refractivity contribution in [1.82, 2.24) is 5.32 Å². The summed E-state index contributed by atoms with van der Waals surface area (Å²) in [5.74, 6) is 0.466. The van der Waals surface area contributed by atoms with Crippen LogP contribution < -0.4 is 11.1 Å². The van der Waals surface area contributed by atoms with Gasteiger partial charge >= 0.3 is 0 Å². The first-order valence-electron chi connectivity index (χ1n) is 8.45. The Morgan fingerprint density at radius 3 is 2.43 bits per heavy atom. The Hall–Kier alpha value is -2.29. The van der Waals surface area contributed by atoms with Gasteiger partial charge in [0.1, 0.15) is 0 Å². The molecule has 1 unspecified atom stereocenters. The normalized spacial score (nSPS) is 16.7. The van der Waals surface area contributed by atoms with Gasteiger partial charge in [0.05, 0.1) is 6.04 Å². The number of nitrogen functional groups attached to an aromatic ring is 1. The van der Waals surface area contributed by atoms with Gasteiger partial charge in [-0.25, -0.2) is 0 Å². The Morgan fingerprint density at radius 2 is 1.74 bits per heavy atom. The molecule has 2 aromatic rings. The fraction of sp³-hybridized carbons (Fsp3) is 0.350. The summed E-state index contributed by atoms with van der Waals surface area (Å²) in [5, 5.41) is 3.25. The summed E-state index contributed by atoms with van der Waals surface area (Å²) in [7, 11) is 0. The summed E-state index contributed by atoms with van der Waals surface area (Å²) < 4.78 is 0. The number of nitrogens with one attached hydrogen (secondary N) is 1. The Morgan fingerprint density at radius 1 is 1.00 bits per heavy atom. The summed E-state index contributed by atoms with van der Waals surface area (Å²) in [4.78, 5) is 12.7. The lowest BCUT2D eigenvalue weighted by atomic mass is 9.81. The fourth-order valence-electron chi connectivity index (χ4n) is 3.51. The molecule has 0 radical (unpaired) electrons. The molecule has 0 bridgehead atoms. The summed E-state index contributed by atoms with van der Waals surface area (Å²) in [6.07, 6.45) is 6.17. The number of hydrogen-bond donors (Lipinski definition) is 2. The smallest absolute Gasteiger partial charge is 0.251 e. The maximum Gasteiger partial charge on any atom is 0.251 e. The van der Waals surface area contributed by atoms with Gasteiger partial charge in [0.2, 0.25) is 0 Å². The molecule has 1 aliphatic carbocycles. The molecule has 120 valence electrons. The molecule has 3 rings (SSSR count). The van der Waals surface area contributed by atoms with E-state index in [9.17, 15) is 4.79 Å². The van der Waals surface area contributed by atoms with Gasteiger partial charge in [0.25, 0.3) is 5.91 Å². The Balaban J connectivity index is 1.82. The number of carbonyl (C=O) groups excluding carboxylic acids is 1. The van der Waals surface area contributed by atoms with Crippen molar-refractivity contribution >= 4 is 11.6 Å². The molecular weight excluding hydrogens is 284 g/mol. The Bertz CT molecular complexity index is 648. The monoisotopic (exact) mass is 308 g/mol. The van der Waals surface area contributed by atoms with Gasteiger partial charge < -0.3 is 11.1 Å². The van der Waals surface area contributed by atoms with Crippen molar-refractivity contribution in [3.63, 3.8) is 0 Å². The average Bonchev–Trinajstić information content (AvgIpc) is 2.61. The zero-order valence-corrected chi connectivity index (χ0v) is 13.4. The van der Waals surface area contributed by atoms with Gasteiger partial charge in [-0.05, 0) is 42.5 Å². The maximum absolute atomic E-state index is 12.7. The van der Waals surface area contributed by atoms with Crippen LogP contribution in [-0.4, -0.2) is 5.91 Å². The highest BCUT2D eigenvalue weighted by Crippen LogP contribution is 2.34. The van der Waals surface area contributed by atoms with Crippen LogP contribution in [0.2, 0.25) is 0 Å². The van der Waals surface area contributed by atoms with E-state index >= 15 is 0 Å². The molecule has 0 spiro atoms. The standard InChI is InChI=1S/C20H24N2O/c21-18-13-7-12-17(14-18)20(23)22-19(15-8-3-1-4-9-15)16-10-5-2-6-11-16/h1,3-4,7-9,12-14,16,19H,2,5-6,10-11,21H2,(H,22,23). The molecule has 0 saturated heterocycles. The summed E-state index contributed by atoms with van der Waals surface area (Å²) in [5.41, 5.74) is 8.24. The number of anilines is 1. The van der Waals surface area contributed by atoms with Crippen LogP contribution in [-0.2, 0) is 0 Å². The zero-order chi connectivity index (χ0) is 16.1. The van der Waals surface area contributed by atoms with Gasteiger partial charge in [-0.2, -0.15) is 0 Å². The number of hydrogen-bond acceptors (Lipinski definition) is 2. The first-order valence-corrected chi connectivity index (χ1v) is 8.45. The van der Waals surface area contributed by atoms with Crippen LogP contribution in [0.4, 0.5) is 5.69 Å². The highest BCUT2D eigenvalue weighted by molar-refractivity contribution is 5.95. The SMILES string of the molecule is Nc1cccc(C(=O)NC(c2ccccc2)C2CCCCC2)c1. The van der Waals surface area contributed by atoms with Gasteiger partial charge in [-0.1, -0.05) is 55.7 Å². The highest BCUT2D eigenvalue weighted by Gasteiger charge is 2.26. The summed E-state index contributed by atoms with van der Waals surface area (Å²) in [6.45, 7) is 0. The number of benzene rings is 2. The third-order valence-electron chi connectivity index (χ3n) is 4.72.